The zero-order valence-electron chi connectivity index (χ0n) is 12.8. The van der Waals surface area contributed by atoms with Crippen LogP contribution in [0.1, 0.15) is 65.7 Å². The lowest BCUT2D eigenvalue weighted by molar-refractivity contribution is -0.147. The van der Waals surface area contributed by atoms with Crippen LogP contribution in [0, 0.1) is 0 Å². The van der Waals surface area contributed by atoms with Gasteiger partial charge in [0.25, 0.3) is 0 Å². The minimum absolute atomic E-state index is 0.0385. The topological polar surface area (TPSA) is 63.6 Å². The van der Waals surface area contributed by atoms with Gasteiger partial charge in [0.05, 0.1) is 24.8 Å². The first-order valence-electron chi connectivity index (χ1n) is 6.99. The molecule has 0 aliphatic carbocycles. The monoisotopic (exact) mass is 330 g/mol. The third-order valence-corrected chi connectivity index (χ3v) is 2.06. The van der Waals surface area contributed by atoms with Crippen LogP contribution in [-0.2, 0) is 14.3 Å². The van der Waals surface area contributed by atoms with Crippen molar-refractivity contribution in [3.63, 3.8) is 0 Å². The number of halogens is 2. The van der Waals surface area contributed by atoms with E-state index >= 15 is 0 Å². The molecule has 1 N–H and O–H groups in total. The van der Waals surface area contributed by atoms with Gasteiger partial charge in [0.15, 0.2) is 0 Å². The standard InChI is InChI=1S/C7H16.C6H10O4.CH2Cl2/c1-3-5-7-6-4-2;1-2-10-6(9)4-3-5(7)8;2-1-3/h3-7H2,1-2H3;2-4H2,1H3,(H,7,8);1H2. The molecule has 0 rings (SSSR count). The second kappa shape index (κ2) is 23.6. The van der Waals surface area contributed by atoms with Gasteiger partial charge < -0.3 is 9.84 Å². The van der Waals surface area contributed by atoms with Crippen molar-refractivity contribution in [2.45, 2.75) is 65.7 Å². The average Bonchev–Trinajstić information content (AvgIpc) is 2.39. The Balaban J connectivity index is -0.000000251. The maximum atomic E-state index is 10.5. The SMILES string of the molecule is CCCCCCC.CCOC(=O)CCC(=O)O.ClCCl. The van der Waals surface area contributed by atoms with Gasteiger partial charge in [-0.05, 0) is 6.92 Å². The molecule has 0 saturated heterocycles. The molecule has 0 aromatic heterocycles. The molecular weight excluding hydrogens is 303 g/mol. The van der Waals surface area contributed by atoms with E-state index in [0.717, 1.165) is 0 Å². The maximum absolute atomic E-state index is 10.5. The summed E-state index contributed by atoms with van der Waals surface area (Å²) in [5, 5.41) is 8.32. The van der Waals surface area contributed by atoms with E-state index in [4.69, 9.17) is 28.3 Å². The number of ether oxygens (including phenoxy) is 1. The Morgan fingerprint density at radius 1 is 0.950 bits per heavy atom. The lowest BCUT2D eigenvalue weighted by atomic mass is 10.2. The molecule has 0 bridgehead atoms. The van der Waals surface area contributed by atoms with E-state index in [0.29, 0.717) is 6.61 Å². The predicted molar refractivity (Wildman–Crippen MR) is 84.5 cm³/mol. The van der Waals surface area contributed by atoms with Gasteiger partial charge in [-0.25, -0.2) is 0 Å². The molecule has 0 aromatic rings. The zero-order chi connectivity index (χ0) is 16.2. The highest BCUT2D eigenvalue weighted by atomic mass is 35.5. The molecule has 0 radical (unpaired) electrons. The van der Waals surface area contributed by atoms with Crippen molar-refractivity contribution in [2.24, 2.45) is 0 Å². The van der Waals surface area contributed by atoms with E-state index in [1.54, 1.807) is 6.92 Å². The average molecular weight is 331 g/mol. The number of rotatable bonds is 8. The van der Waals surface area contributed by atoms with Crippen LogP contribution in [0.4, 0.5) is 0 Å². The summed E-state index contributed by atoms with van der Waals surface area (Å²) in [6, 6.07) is 0. The summed E-state index contributed by atoms with van der Waals surface area (Å²) in [6.07, 6.45) is 6.82. The number of carbonyl (C=O) groups excluding carboxylic acids is 1. The quantitative estimate of drug-likeness (QED) is 0.394. The van der Waals surface area contributed by atoms with E-state index in [2.05, 4.69) is 18.6 Å². The lowest BCUT2D eigenvalue weighted by Gasteiger charge is -1.97. The summed E-state index contributed by atoms with van der Waals surface area (Å²) in [5.41, 5.74) is 0. The number of aliphatic carboxylic acids is 1. The largest absolute Gasteiger partial charge is 0.481 e. The normalized spacial score (nSPS) is 8.65. The van der Waals surface area contributed by atoms with Gasteiger partial charge in [-0.3, -0.25) is 9.59 Å². The van der Waals surface area contributed by atoms with E-state index in [1.807, 2.05) is 0 Å². The number of hydrogen-bond donors (Lipinski definition) is 1. The van der Waals surface area contributed by atoms with Crippen LogP contribution in [0.2, 0.25) is 0 Å². The van der Waals surface area contributed by atoms with Gasteiger partial charge in [0, 0.05) is 0 Å². The second-order valence-corrected chi connectivity index (χ2v) is 4.67. The van der Waals surface area contributed by atoms with Gasteiger partial charge in [0.1, 0.15) is 0 Å². The zero-order valence-corrected chi connectivity index (χ0v) is 14.3. The van der Waals surface area contributed by atoms with Gasteiger partial charge in [-0.2, -0.15) is 0 Å². The number of carbonyl (C=O) groups is 2. The molecule has 0 heterocycles. The highest BCUT2D eigenvalue weighted by molar-refractivity contribution is 6.40. The van der Waals surface area contributed by atoms with Crippen molar-refractivity contribution < 1.29 is 19.4 Å². The smallest absolute Gasteiger partial charge is 0.306 e. The van der Waals surface area contributed by atoms with Crippen molar-refractivity contribution in [3.8, 4) is 0 Å². The fourth-order valence-electron chi connectivity index (χ4n) is 1.12. The Labute approximate surface area is 132 Å². The highest BCUT2D eigenvalue weighted by Gasteiger charge is 2.04. The number of carboxylic acids is 1. The van der Waals surface area contributed by atoms with Gasteiger partial charge in [0.2, 0.25) is 0 Å². The Bertz CT molecular complexity index is 207. The molecule has 0 atom stereocenters. The lowest BCUT2D eigenvalue weighted by Crippen LogP contribution is -2.06. The van der Waals surface area contributed by atoms with Gasteiger partial charge in [-0.15, -0.1) is 23.2 Å². The van der Waals surface area contributed by atoms with Crippen molar-refractivity contribution in [2.75, 3.05) is 11.9 Å². The maximum Gasteiger partial charge on any atom is 0.306 e. The van der Waals surface area contributed by atoms with Crippen LogP contribution < -0.4 is 0 Å². The van der Waals surface area contributed by atoms with Crippen molar-refractivity contribution in [1.82, 2.24) is 0 Å². The molecule has 122 valence electrons. The van der Waals surface area contributed by atoms with Crippen LogP contribution in [0.15, 0.2) is 0 Å². The molecule has 0 aliphatic heterocycles. The minimum atomic E-state index is -0.979. The fourth-order valence-corrected chi connectivity index (χ4v) is 1.12. The first kappa shape index (κ1) is 24.5. The van der Waals surface area contributed by atoms with E-state index in [1.165, 1.54) is 32.1 Å². The minimum Gasteiger partial charge on any atom is -0.481 e. The number of esters is 1. The summed E-state index contributed by atoms with van der Waals surface area (Å²) < 4.78 is 4.49. The van der Waals surface area contributed by atoms with Crippen LogP contribution in [-0.4, -0.2) is 29.0 Å². The number of hydrogen-bond acceptors (Lipinski definition) is 3. The highest BCUT2D eigenvalue weighted by Crippen LogP contribution is 2.00. The summed E-state index contributed by atoms with van der Waals surface area (Å²) in [4.78, 5) is 20.4. The molecule has 0 aromatic carbocycles. The Morgan fingerprint density at radius 3 is 1.70 bits per heavy atom. The van der Waals surface area contributed by atoms with E-state index in [9.17, 15) is 9.59 Å². The molecule has 0 fully saturated rings. The Morgan fingerprint density at radius 2 is 1.40 bits per heavy atom. The van der Waals surface area contributed by atoms with Crippen molar-refractivity contribution in [3.05, 3.63) is 0 Å². The van der Waals surface area contributed by atoms with Crippen LogP contribution in [0.25, 0.3) is 0 Å². The number of alkyl halides is 2. The van der Waals surface area contributed by atoms with Crippen molar-refractivity contribution in [1.29, 1.82) is 0 Å². The van der Waals surface area contributed by atoms with Crippen LogP contribution in [0.5, 0.6) is 0 Å². The van der Waals surface area contributed by atoms with Crippen molar-refractivity contribution >= 4 is 35.1 Å². The third kappa shape index (κ3) is 36.0. The molecule has 0 spiro atoms. The molecule has 0 aliphatic rings. The summed E-state index contributed by atoms with van der Waals surface area (Å²) in [5.74, 6) is -1.43. The Hall–Kier alpha value is -0.480. The van der Waals surface area contributed by atoms with E-state index < -0.39 is 11.9 Å². The molecule has 0 saturated carbocycles. The predicted octanol–water partition coefficient (Wildman–Crippen LogP) is 4.81. The fraction of sp³-hybridized carbons (Fsp3) is 0.857. The summed E-state index contributed by atoms with van der Waals surface area (Å²) >= 11 is 9.53. The van der Waals surface area contributed by atoms with Crippen LogP contribution in [0.3, 0.4) is 0 Å². The molecule has 20 heavy (non-hydrogen) atoms. The summed E-state index contributed by atoms with van der Waals surface area (Å²) in [7, 11) is 0. The Kier molecular flexibility index (Phi) is 28.9. The first-order valence-corrected chi connectivity index (χ1v) is 8.06. The van der Waals surface area contributed by atoms with Gasteiger partial charge >= 0.3 is 11.9 Å². The molecular formula is C14H28Cl2O4. The second-order valence-electron chi connectivity index (χ2n) is 3.86. The molecule has 6 heteroatoms. The van der Waals surface area contributed by atoms with Gasteiger partial charge in [-0.1, -0.05) is 46.0 Å². The van der Waals surface area contributed by atoms with E-state index in [-0.39, 0.29) is 18.2 Å². The third-order valence-electron chi connectivity index (χ3n) is 2.06. The number of unbranched alkanes of at least 4 members (excludes halogenated alkanes) is 4. The number of carboxylic acid groups (broad SMARTS) is 1. The molecule has 0 unspecified atom stereocenters. The van der Waals surface area contributed by atoms with Crippen LogP contribution >= 0.6 is 23.2 Å². The summed E-state index contributed by atoms with van der Waals surface area (Å²) in [6.45, 7) is 6.47. The molecule has 0 amide bonds. The molecule has 4 nitrogen and oxygen atoms in total. The first-order chi connectivity index (χ1) is 9.49.